The number of rotatable bonds is 5. The molecule has 104 valence electrons. The van der Waals surface area contributed by atoms with Crippen molar-refractivity contribution in [3.05, 3.63) is 73.1 Å². The third kappa shape index (κ3) is 2.69. The zero-order valence-corrected chi connectivity index (χ0v) is 11.5. The van der Waals surface area contributed by atoms with Crippen LogP contribution in [-0.2, 0) is 0 Å². The van der Waals surface area contributed by atoms with Gasteiger partial charge in [-0.1, -0.05) is 30.4 Å². The Bertz CT molecular complexity index is 552. The average Bonchev–Trinajstić information content (AvgIpc) is 2.43. The number of aromatic hydroxyl groups is 1. The number of hydrogen-bond donors (Lipinski definition) is 2. The van der Waals surface area contributed by atoms with Crippen molar-refractivity contribution in [3.63, 3.8) is 0 Å². The van der Waals surface area contributed by atoms with Crippen LogP contribution in [0.3, 0.4) is 0 Å². The molecule has 0 saturated heterocycles. The van der Waals surface area contributed by atoms with Gasteiger partial charge in [0.15, 0.2) is 0 Å². The number of benzene rings is 1. The summed E-state index contributed by atoms with van der Waals surface area (Å²) in [6, 6.07) is 7.14. The van der Waals surface area contributed by atoms with E-state index in [0.29, 0.717) is 18.6 Å². The summed E-state index contributed by atoms with van der Waals surface area (Å²) in [6.45, 7) is 7.60. The van der Waals surface area contributed by atoms with E-state index in [2.05, 4.69) is 13.2 Å². The number of hydrogen-bond acceptors (Lipinski definition) is 2. The fourth-order valence-corrected chi connectivity index (χ4v) is 2.73. The Morgan fingerprint density at radius 2 is 1.60 bits per heavy atom. The molecule has 1 aromatic rings. The first kappa shape index (κ1) is 14.2. The van der Waals surface area contributed by atoms with Gasteiger partial charge in [0.2, 0.25) is 0 Å². The normalized spacial score (nSPS) is 17.0. The average molecular weight is 268 g/mol. The maximum atomic E-state index is 10.3. The highest BCUT2D eigenvalue weighted by Gasteiger charge is 2.35. The van der Waals surface area contributed by atoms with Gasteiger partial charge in [-0.3, -0.25) is 0 Å². The van der Waals surface area contributed by atoms with Gasteiger partial charge >= 0.3 is 0 Å². The van der Waals surface area contributed by atoms with Gasteiger partial charge in [0.05, 0.1) is 5.76 Å². The quantitative estimate of drug-likeness (QED) is 0.756. The molecular formula is C18H20O2. The molecular weight excluding hydrogens is 248 g/mol. The van der Waals surface area contributed by atoms with Gasteiger partial charge in [-0.15, -0.1) is 13.2 Å². The van der Waals surface area contributed by atoms with Crippen molar-refractivity contribution in [1.29, 1.82) is 0 Å². The van der Waals surface area contributed by atoms with Crippen LogP contribution in [0.15, 0.2) is 67.5 Å². The molecule has 2 rings (SSSR count). The number of phenols is 1. The van der Waals surface area contributed by atoms with Crippen LogP contribution in [0.5, 0.6) is 5.75 Å². The van der Waals surface area contributed by atoms with Crippen molar-refractivity contribution in [1.82, 2.24) is 0 Å². The van der Waals surface area contributed by atoms with Crippen LogP contribution in [0.2, 0.25) is 0 Å². The summed E-state index contributed by atoms with van der Waals surface area (Å²) >= 11 is 0. The van der Waals surface area contributed by atoms with Gasteiger partial charge in [0.25, 0.3) is 0 Å². The van der Waals surface area contributed by atoms with Gasteiger partial charge < -0.3 is 10.2 Å². The minimum atomic E-state index is -0.342. The van der Waals surface area contributed by atoms with Crippen LogP contribution in [0.1, 0.15) is 24.8 Å². The minimum Gasteiger partial charge on any atom is -0.512 e. The first-order valence-corrected chi connectivity index (χ1v) is 6.73. The number of phenolic OH excluding ortho intramolecular Hbond substituents is 1. The van der Waals surface area contributed by atoms with E-state index in [1.165, 1.54) is 0 Å². The first-order valence-electron chi connectivity index (χ1n) is 6.73. The molecule has 0 fully saturated rings. The molecule has 0 atom stereocenters. The molecule has 0 aromatic heterocycles. The molecule has 0 amide bonds. The second kappa shape index (κ2) is 5.83. The maximum Gasteiger partial charge on any atom is 0.115 e. The van der Waals surface area contributed by atoms with E-state index < -0.39 is 0 Å². The lowest BCUT2D eigenvalue weighted by molar-refractivity contribution is 0.222. The highest BCUT2D eigenvalue weighted by Crippen LogP contribution is 2.45. The summed E-state index contributed by atoms with van der Waals surface area (Å²) in [6.07, 6.45) is 9.52. The third-order valence-electron chi connectivity index (χ3n) is 3.82. The number of allylic oxidation sites excluding steroid dienone is 6. The van der Waals surface area contributed by atoms with E-state index in [0.717, 1.165) is 17.6 Å². The lowest BCUT2D eigenvalue weighted by Crippen LogP contribution is -2.25. The molecule has 2 nitrogen and oxygen atoms in total. The SMILES string of the molecule is C=CCC1(CC=C)CC(c2ccc(O)cc2)=CC=C1O. The van der Waals surface area contributed by atoms with Crippen molar-refractivity contribution in [3.8, 4) is 5.75 Å². The molecule has 1 aliphatic rings. The standard InChI is InChI=1S/C18H20O2/c1-3-11-18(12-4-2)13-15(7-10-17(18)20)14-5-8-16(19)9-6-14/h3-10,19-20H,1-2,11-13H2. The Hall–Kier alpha value is -2.22. The van der Waals surface area contributed by atoms with E-state index in [1.807, 2.05) is 30.4 Å². The molecule has 20 heavy (non-hydrogen) atoms. The van der Waals surface area contributed by atoms with Crippen molar-refractivity contribution in [2.45, 2.75) is 19.3 Å². The van der Waals surface area contributed by atoms with Crippen molar-refractivity contribution in [2.24, 2.45) is 5.41 Å². The smallest absolute Gasteiger partial charge is 0.115 e. The molecule has 0 heterocycles. The van der Waals surface area contributed by atoms with E-state index in [-0.39, 0.29) is 11.2 Å². The molecule has 2 heteroatoms. The zero-order valence-electron chi connectivity index (χ0n) is 11.5. The molecule has 0 unspecified atom stereocenters. The summed E-state index contributed by atoms with van der Waals surface area (Å²) in [4.78, 5) is 0. The topological polar surface area (TPSA) is 40.5 Å². The van der Waals surface area contributed by atoms with Crippen molar-refractivity contribution in [2.75, 3.05) is 0 Å². The third-order valence-corrected chi connectivity index (χ3v) is 3.82. The molecule has 1 aliphatic carbocycles. The van der Waals surface area contributed by atoms with Gasteiger partial charge in [-0.25, -0.2) is 0 Å². The fourth-order valence-electron chi connectivity index (χ4n) is 2.73. The van der Waals surface area contributed by atoms with Gasteiger partial charge in [-0.2, -0.15) is 0 Å². The maximum absolute atomic E-state index is 10.3. The van der Waals surface area contributed by atoms with Gasteiger partial charge in [0.1, 0.15) is 5.75 Å². The van der Waals surface area contributed by atoms with E-state index >= 15 is 0 Å². The van der Waals surface area contributed by atoms with E-state index in [4.69, 9.17) is 0 Å². The highest BCUT2D eigenvalue weighted by molar-refractivity contribution is 5.70. The van der Waals surface area contributed by atoms with Crippen LogP contribution in [-0.4, -0.2) is 10.2 Å². The Morgan fingerprint density at radius 3 is 2.15 bits per heavy atom. The molecule has 0 radical (unpaired) electrons. The summed E-state index contributed by atoms with van der Waals surface area (Å²) in [5, 5.41) is 19.6. The molecule has 0 aliphatic heterocycles. The molecule has 2 N–H and O–H groups in total. The highest BCUT2D eigenvalue weighted by atomic mass is 16.3. The molecule has 0 bridgehead atoms. The van der Waals surface area contributed by atoms with Crippen LogP contribution >= 0.6 is 0 Å². The summed E-state index contributed by atoms with van der Waals surface area (Å²) < 4.78 is 0. The minimum absolute atomic E-state index is 0.256. The molecule has 0 saturated carbocycles. The lowest BCUT2D eigenvalue weighted by atomic mass is 9.70. The summed E-state index contributed by atoms with van der Waals surface area (Å²) in [7, 11) is 0. The second-order valence-electron chi connectivity index (χ2n) is 5.23. The Balaban J connectivity index is 2.36. The van der Waals surface area contributed by atoms with Crippen LogP contribution < -0.4 is 0 Å². The van der Waals surface area contributed by atoms with Gasteiger partial charge in [-0.05, 0) is 48.6 Å². The first-order chi connectivity index (χ1) is 9.61. The van der Waals surface area contributed by atoms with Gasteiger partial charge in [0, 0.05) is 5.41 Å². The predicted molar refractivity (Wildman–Crippen MR) is 83.5 cm³/mol. The lowest BCUT2D eigenvalue weighted by Gasteiger charge is -2.35. The fraction of sp³-hybridized carbons (Fsp3) is 0.222. The number of aliphatic hydroxyl groups excluding tert-OH is 1. The van der Waals surface area contributed by atoms with Crippen LogP contribution in [0, 0.1) is 5.41 Å². The second-order valence-corrected chi connectivity index (χ2v) is 5.23. The van der Waals surface area contributed by atoms with Crippen molar-refractivity contribution < 1.29 is 10.2 Å². The Morgan fingerprint density at radius 1 is 1.00 bits per heavy atom. The molecule has 1 aromatic carbocycles. The predicted octanol–water partition coefficient (Wildman–Crippen LogP) is 4.76. The summed E-state index contributed by atoms with van der Waals surface area (Å²) in [5.41, 5.74) is 1.86. The Labute approximate surface area is 120 Å². The van der Waals surface area contributed by atoms with Crippen LogP contribution in [0.4, 0.5) is 0 Å². The van der Waals surface area contributed by atoms with Crippen LogP contribution in [0.25, 0.3) is 5.57 Å². The largest absolute Gasteiger partial charge is 0.512 e. The van der Waals surface area contributed by atoms with Crippen molar-refractivity contribution >= 4 is 5.57 Å². The van der Waals surface area contributed by atoms with E-state index in [9.17, 15) is 10.2 Å². The molecule has 0 spiro atoms. The zero-order chi connectivity index (χ0) is 14.6. The summed E-state index contributed by atoms with van der Waals surface area (Å²) in [5.74, 6) is 0.645. The Kier molecular flexibility index (Phi) is 4.14. The number of aliphatic hydroxyl groups is 1. The monoisotopic (exact) mass is 268 g/mol. The van der Waals surface area contributed by atoms with E-state index in [1.54, 1.807) is 18.2 Å².